The summed E-state index contributed by atoms with van der Waals surface area (Å²) in [5.41, 5.74) is 6.56. The van der Waals surface area contributed by atoms with Crippen molar-refractivity contribution >= 4 is 29.2 Å². The minimum absolute atomic E-state index is 0.0472. The van der Waals surface area contributed by atoms with Gasteiger partial charge in [0, 0.05) is 18.7 Å². The maximum Gasteiger partial charge on any atom is 0.256 e. The molecule has 1 aromatic carbocycles. The molecule has 0 spiro atoms. The molecule has 1 aromatic rings. The van der Waals surface area contributed by atoms with Crippen LogP contribution in [-0.2, 0) is 4.79 Å². The summed E-state index contributed by atoms with van der Waals surface area (Å²) >= 11 is 5.04. The molecule has 2 N–H and O–H groups in total. The van der Waals surface area contributed by atoms with Crippen molar-refractivity contribution in [3.8, 4) is 0 Å². The van der Waals surface area contributed by atoms with E-state index in [0.29, 0.717) is 22.7 Å². The Balaban J connectivity index is 3.08. The van der Waals surface area contributed by atoms with E-state index < -0.39 is 0 Å². The van der Waals surface area contributed by atoms with Crippen LogP contribution in [0.2, 0.25) is 0 Å². The van der Waals surface area contributed by atoms with Crippen LogP contribution in [0.5, 0.6) is 0 Å². The third-order valence-electron chi connectivity index (χ3n) is 2.62. The fraction of sp³-hybridized carbons (Fsp3) is 0.200. The topological polar surface area (TPSA) is 46.3 Å². The summed E-state index contributed by atoms with van der Waals surface area (Å²) in [4.78, 5) is 14.2. The number of benzene rings is 1. The minimum Gasteiger partial charge on any atom is -0.326 e. The highest BCUT2D eigenvalue weighted by atomic mass is 32.1. The first-order valence-corrected chi connectivity index (χ1v) is 6.50. The van der Waals surface area contributed by atoms with Crippen LogP contribution in [0.15, 0.2) is 42.5 Å². The van der Waals surface area contributed by atoms with Crippen molar-refractivity contribution in [1.29, 1.82) is 0 Å². The highest BCUT2D eigenvalue weighted by molar-refractivity contribution is 7.80. The fourth-order valence-electron chi connectivity index (χ4n) is 1.66. The SMILES string of the molecule is C=CCN(C(=O)/C(=C/c1cccc(F)c1)CN)C(C)=S. The maximum absolute atomic E-state index is 13.1. The van der Waals surface area contributed by atoms with Crippen molar-refractivity contribution in [2.45, 2.75) is 6.92 Å². The Hall–Kier alpha value is -1.85. The smallest absolute Gasteiger partial charge is 0.256 e. The van der Waals surface area contributed by atoms with Gasteiger partial charge in [0.25, 0.3) is 5.91 Å². The lowest BCUT2D eigenvalue weighted by molar-refractivity contribution is -0.122. The third-order valence-corrected chi connectivity index (χ3v) is 2.84. The number of nitrogens with zero attached hydrogens (tertiary/aromatic N) is 1. The molecule has 1 rings (SSSR count). The van der Waals surface area contributed by atoms with Crippen LogP contribution in [-0.4, -0.2) is 28.9 Å². The second-order valence-electron chi connectivity index (χ2n) is 4.15. The number of rotatable bonds is 5. The molecule has 0 aromatic heterocycles. The van der Waals surface area contributed by atoms with Crippen LogP contribution in [0.25, 0.3) is 6.08 Å². The maximum atomic E-state index is 13.1. The number of hydrogen-bond donors (Lipinski definition) is 1. The molecule has 0 heterocycles. The van der Waals surface area contributed by atoms with E-state index in [-0.39, 0.29) is 18.3 Å². The summed E-state index contributed by atoms with van der Waals surface area (Å²) in [6.45, 7) is 5.61. The number of carbonyl (C=O) groups is 1. The zero-order valence-electron chi connectivity index (χ0n) is 11.3. The average molecular weight is 292 g/mol. The van der Waals surface area contributed by atoms with E-state index in [1.165, 1.54) is 17.0 Å². The van der Waals surface area contributed by atoms with Gasteiger partial charge in [0.05, 0.1) is 4.99 Å². The average Bonchev–Trinajstić information content (AvgIpc) is 2.41. The summed E-state index contributed by atoms with van der Waals surface area (Å²) in [7, 11) is 0. The second-order valence-corrected chi connectivity index (χ2v) is 4.74. The van der Waals surface area contributed by atoms with Crippen LogP contribution < -0.4 is 5.73 Å². The van der Waals surface area contributed by atoms with Gasteiger partial charge >= 0.3 is 0 Å². The molecule has 0 saturated heterocycles. The number of hydrogen-bond acceptors (Lipinski definition) is 3. The monoisotopic (exact) mass is 292 g/mol. The quantitative estimate of drug-likeness (QED) is 0.515. The lowest BCUT2D eigenvalue weighted by atomic mass is 10.1. The van der Waals surface area contributed by atoms with E-state index in [2.05, 4.69) is 6.58 Å². The number of amides is 1. The normalized spacial score (nSPS) is 11.1. The van der Waals surface area contributed by atoms with Crippen LogP contribution in [0.1, 0.15) is 12.5 Å². The standard InChI is InChI=1S/C15H17FN2OS/c1-3-7-18(11(2)20)15(19)13(10-17)8-12-5-4-6-14(16)9-12/h3-6,8-9H,1,7,10,17H2,2H3/b13-8+. The largest absolute Gasteiger partial charge is 0.326 e. The second kappa shape index (κ2) is 7.67. The fourth-order valence-corrected chi connectivity index (χ4v) is 1.82. The lowest BCUT2D eigenvalue weighted by Gasteiger charge is -2.20. The molecule has 0 unspecified atom stereocenters. The molecule has 0 atom stereocenters. The van der Waals surface area contributed by atoms with Crippen molar-refractivity contribution in [2.75, 3.05) is 13.1 Å². The molecule has 0 saturated carbocycles. The number of carbonyl (C=O) groups excluding carboxylic acids is 1. The Morgan fingerprint density at radius 1 is 1.55 bits per heavy atom. The Bertz CT molecular complexity index is 555. The van der Waals surface area contributed by atoms with Gasteiger partial charge in [-0.3, -0.25) is 9.69 Å². The summed E-state index contributed by atoms with van der Waals surface area (Å²) in [5.74, 6) is -0.652. The molecule has 5 heteroatoms. The molecular formula is C15H17FN2OS. The molecule has 20 heavy (non-hydrogen) atoms. The van der Waals surface area contributed by atoms with Gasteiger partial charge in [-0.15, -0.1) is 6.58 Å². The Labute approximate surface area is 123 Å². The molecule has 3 nitrogen and oxygen atoms in total. The van der Waals surface area contributed by atoms with Crippen LogP contribution in [0.3, 0.4) is 0 Å². The molecule has 0 radical (unpaired) electrons. The van der Waals surface area contributed by atoms with Gasteiger partial charge in [0.2, 0.25) is 0 Å². The van der Waals surface area contributed by atoms with Crippen molar-refractivity contribution in [3.63, 3.8) is 0 Å². The predicted molar refractivity (Wildman–Crippen MR) is 83.6 cm³/mol. The summed E-state index contributed by atoms with van der Waals surface area (Å²) < 4.78 is 13.1. The molecule has 0 aliphatic carbocycles. The van der Waals surface area contributed by atoms with E-state index in [1.807, 2.05) is 0 Å². The number of thiocarbonyl (C=S) groups is 1. The number of halogens is 1. The molecule has 106 valence electrons. The van der Waals surface area contributed by atoms with E-state index in [1.54, 1.807) is 31.2 Å². The zero-order valence-corrected chi connectivity index (χ0v) is 12.1. The van der Waals surface area contributed by atoms with Crippen LogP contribution in [0, 0.1) is 5.82 Å². The van der Waals surface area contributed by atoms with Crippen LogP contribution >= 0.6 is 12.2 Å². The Morgan fingerprint density at radius 3 is 2.75 bits per heavy atom. The van der Waals surface area contributed by atoms with Crippen molar-refractivity contribution in [3.05, 3.63) is 53.9 Å². The van der Waals surface area contributed by atoms with Gasteiger partial charge in [-0.05, 0) is 30.7 Å². The first kappa shape index (κ1) is 16.2. The van der Waals surface area contributed by atoms with E-state index in [9.17, 15) is 9.18 Å². The first-order chi connectivity index (χ1) is 9.49. The van der Waals surface area contributed by atoms with Crippen molar-refractivity contribution < 1.29 is 9.18 Å². The van der Waals surface area contributed by atoms with Gasteiger partial charge in [-0.2, -0.15) is 0 Å². The van der Waals surface area contributed by atoms with Gasteiger partial charge in [0.15, 0.2) is 0 Å². The van der Waals surface area contributed by atoms with Gasteiger partial charge < -0.3 is 5.73 Å². The van der Waals surface area contributed by atoms with Crippen molar-refractivity contribution in [1.82, 2.24) is 4.90 Å². The van der Waals surface area contributed by atoms with Crippen LogP contribution in [0.4, 0.5) is 4.39 Å². The molecular weight excluding hydrogens is 275 g/mol. The zero-order chi connectivity index (χ0) is 15.1. The molecule has 1 amide bonds. The van der Waals surface area contributed by atoms with E-state index in [0.717, 1.165) is 0 Å². The lowest BCUT2D eigenvalue weighted by Crippen LogP contribution is -2.36. The van der Waals surface area contributed by atoms with Gasteiger partial charge in [-0.1, -0.05) is 30.4 Å². The highest BCUT2D eigenvalue weighted by Gasteiger charge is 2.17. The number of nitrogens with two attached hydrogens (primary N) is 1. The third kappa shape index (κ3) is 4.36. The van der Waals surface area contributed by atoms with Crippen molar-refractivity contribution in [2.24, 2.45) is 5.73 Å². The van der Waals surface area contributed by atoms with Gasteiger partial charge in [0.1, 0.15) is 5.82 Å². The molecule has 0 bridgehead atoms. The summed E-state index contributed by atoms with van der Waals surface area (Å²) in [6, 6.07) is 5.96. The molecule has 0 aliphatic rings. The highest BCUT2D eigenvalue weighted by Crippen LogP contribution is 2.11. The van der Waals surface area contributed by atoms with E-state index in [4.69, 9.17) is 18.0 Å². The Morgan fingerprint density at radius 2 is 2.25 bits per heavy atom. The summed E-state index contributed by atoms with van der Waals surface area (Å²) in [6.07, 6.45) is 3.16. The van der Waals surface area contributed by atoms with E-state index >= 15 is 0 Å². The molecule has 0 fully saturated rings. The predicted octanol–water partition coefficient (Wildman–Crippen LogP) is 2.53. The summed E-state index contributed by atoms with van der Waals surface area (Å²) in [5, 5.41) is 0. The first-order valence-electron chi connectivity index (χ1n) is 6.09. The Kier molecular flexibility index (Phi) is 6.21. The minimum atomic E-state index is -0.364. The van der Waals surface area contributed by atoms with Gasteiger partial charge in [-0.25, -0.2) is 4.39 Å². The molecule has 0 aliphatic heterocycles.